The number of likely N-dealkylation sites (tertiary alicyclic amines) is 1. The third kappa shape index (κ3) is 3.97. The van der Waals surface area contributed by atoms with Gasteiger partial charge in [-0.25, -0.2) is 4.79 Å². The van der Waals surface area contributed by atoms with Gasteiger partial charge in [0.1, 0.15) is 0 Å². The van der Waals surface area contributed by atoms with Crippen molar-refractivity contribution in [2.24, 2.45) is 0 Å². The van der Waals surface area contributed by atoms with E-state index in [0.717, 1.165) is 12.8 Å². The number of amides is 3. The molecule has 0 radical (unpaired) electrons. The van der Waals surface area contributed by atoms with Crippen molar-refractivity contribution >= 4 is 17.6 Å². The SMILES string of the molecule is O=C(Nc1ccc2c(c1)OCO2)NC1CCN(C(=O)c2ccccc2)CC1. The Kier molecular flexibility index (Phi) is 4.82. The van der Waals surface area contributed by atoms with Crippen molar-refractivity contribution in [3.05, 3.63) is 54.1 Å². The van der Waals surface area contributed by atoms with E-state index in [1.807, 2.05) is 35.2 Å². The molecule has 2 heterocycles. The third-order valence-corrected chi connectivity index (χ3v) is 4.77. The fourth-order valence-corrected chi connectivity index (χ4v) is 3.32. The number of nitrogens with zero attached hydrogens (tertiary/aromatic N) is 1. The first-order valence-corrected chi connectivity index (χ1v) is 9.00. The van der Waals surface area contributed by atoms with Crippen LogP contribution in [0.5, 0.6) is 11.5 Å². The molecular weight excluding hydrogens is 346 g/mol. The van der Waals surface area contributed by atoms with Crippen LogP contribution in [0.2, 0.25) is 0 Å². The minimum atomic E-state index is -0.262. The summed E-state index contributed by atoms with van der Waals surface area (Å²) in [6, 6.07) is 14.3. The number of fused-ring (bicyclic) bond motifs is 1. The molecule has 0 aromatic heterocycles. The number of rotatable bonds is 3. The number of ether oxygens (including phenoxy) is 2. The van der Waals surface area contributed by atoms with Crippen molar-refractivity contribution in [1.82, 2.24) is 10.2 Å². The Labute approximate surface area is 157 Å². The number of piperidine rings is 1. The average Bonchev–Trinajstić information content (AvgIpc) is 3.16. The van der Waals surface area contributed by atoms with Crippen molar-refractivity contribution in [2.75, 3.05) is 25.2 Å². The van der Waals surface area contributed by atoms with Gasteiger partial charge < -0.3 is 25.0 Å². The highest BCUT2D eigenvalue weighted by Gasteiger charge is 2.24. The van der Waals surface area contributed by atoms with Crippen molar-refractivity contribution in [2.45, 2.75) is 18.9 Å². The van der Waals surface area contributed by atoms with E-state index in [-0.39, 0.29) is 24.8 Å². The Balaban J connectivity index is 1.26. The molecule has 7 heteroatoms. The van der Waals surface area contributed by atoms with Gasteiger partial charge in [-0.2, -0.15) is 0 Å². The van der Waals surface area contributed by atoms with Gasteiger partial charge in [0.05, 0.1) is 0 Å². The summed E-state index contributed by atoms with van der Waals surface area (Å²) in [6.45, 7) is 1.46. The lowest BCUT2D eigenvalue weighted by Gasteiger charge is -2.32. The second kappa shape index (κ2) is 7.57. The zero-order chi connectivity index (χ0) is 18.6. The lowest BCUT2D eigenvalue weighted by molar-refractivity contribution is 0.0709. The van der Waals surface area contributed by atoms with Gasteiger partial charge in [-0.3, -0.25) is 4.79 Å². The molecule has 1 fully saturated rings. The molecule has 2 aromatic rings. The zero-order valence-electron chi connectivity index (χ0n) is 14.8. The molecule has 0 atom stereocenters. The molecular formula is C20H21N3O4. The van der Waals surface area contributed by atoms with Gasteiger partial charge in [-0.15, -0.1) is 0 Å². The van der Waals surface area contributed by atoms with Crippen molar-refractivity contribution in [3.63, 3.8) is 0 Å². The molecule has 2 aliphatic rings. The van der Waals surface area contributed by atoms with Crippen LogP contribution in [-0.2, 0) is 0 Å². The maximum atomic E-state index is 12.5. The summed E-state index contributed by atoms with van der Waals surface area (Å²) >= 11 is 0. The Bertz CT molecular complexity index is 832. The van der Waals surface area contributed by atoms with E-state index in [1.54, 1.807) is 18.2 Å². The van der Waals surface area contributed by atoms with Gasteiger partial charge >= 0.3 is 6.03 Å². The Hall–Kier alpha value is -3.22. The molecule has 27 heavy (non-hydrogen) atoms. The summed E-state index contributed by atoms with van der Waals surface area (Å²) in [5, 5.41) is 5.79. The molecule has 3 amide bonds. The van der Waals surface area contributed by atoms with Gasteiger partial charge in [0.25, 0.3) is 5.91 Å². The Morgan fingerprint density at radius 2 is 1.70 bits per heavy atom. The maximum Gasteiger partial charge on any atom is 0.319 e. The summed E-state index contributed by atoms with van der Waals surface area (Å²) in [6.07, 6.45) is 1.46. The Morgan fingerprint density at radius 1 is 0.963 bits per heavy atom. The predicted molar refractivity (Wildman–Crippen MR) is 100 cm³/mol. The first-order chi connectivity index (χ1) is 13.2. The van der Waals surface area contributed by atoms with Crippen LogP contribution >= 0.6 is 0 Å². The Morgan fingerprint density at radius 3 is 2.48 bits per heavy atom. The quantitative estimate of drug-likeness (QED) is 0.874. The summed E-state index contributed by atoms with van der Waals surface area (Å²) in [5.41, 5.74) is 1.35. The van der Waals surface area contributed by atoms with Crippen molar-refractivity contribution in [1.29, 1.82) is 0 Å². The van der Waals surface area contributed by atoms with Crippen molar-refractivity contribution < 1.29 is 19.1 Å². The summed E-state index contributed by atoms with van der Waals surface area (Å²) in [4.78, 5) is 26.5. The van der Waals surface area contributed by atoms with Gasteiger partial charge in [-0.05, 0) is 37.1 Å². The molecule has 0 unspecified atom stereocenters. The highest BCUT2D eigenvalue weighted by molar-refractivity contribution is 5.94. The number of benzene rings is 2. The first kappa shape index (κ1) is 17.2. The number of urea groups is 1. The third-order valence-electron chi connectivity index (χ3n) is 4.77. The number of hydrogen-bond acceptors (Lipinski definition) is 4. The highest BCUT2D eigenvalue weighted by Crippen LogP contribution is 2.34. The lowest BCUT2D eigenvalue weighted by atomic mass is 10.0. The van der Waals surface area contributed by atoms with Crippen LogP contribution in [-0.4, -0.2) is 42.8 Å². The highest BCUT2D eigenvalue weighted by atomic mass is 16.7. The monoisotopic (exact) mass is 367 g/mol. The summed E-state index contributed by atoms with van der Waals surface area (Å²) < 4.78 is 10.6. The number of anilines is 1. The molecule has 4 rings (SSSR count). The maximum absolute atomic E-state index is 12.5. The van der Waals surface area contributed by atoms with Crippen LogP contribution in [0.1, 0.15) is 23.2 Å². The van der Waals surface area contributed by atoms with Gasteiger partial charge in [0.2, 0.25) is 6.79 Å². The molecule has 2 N–H and O–H groups in total. The second-order valence-corrected chi connectivity index (χ2v) is 6.60. The second-order valence-electron chi connectivity index (χ2n) is 6.60. The molecule has 0 bridgehead atoms. The average molecular weight is 367 g/mol. The zero-order valence-corrected chi connectivity index (χ0v) is 14.8. The molecule has 7 nitrogen and oxygen atoms in total. The van der Waals surface area contributed by atoms with E-state index in [4.69, 9.17) is 9.47 Å². The minimum Gasteiger partial charge on any atom is -0.454 e. The van der Waals surface area contributed by atoms with Crippen LogP contribution in [0.25, 0.3) is 0 Å². The van der Waals surface area contributed by atoms with E-state index in [0.29, 0.717) is 35.8 Å². The largest absolute Gasteiger partial charge is 0.454 e. The standard InChI is InChI=1S/C20H21N3O4/c24-19(14-4-2-1-3-5-14)23-10-8-15(9-11-23)21-20(25)22-16-6-7-17-18(12-16)27-13-26-17/h1-7,12,15H,8-11,13H2,(H2,21,22,25). The van der Waals surface area contributed by atoms with E-state index in [9.17, 15) is 9.59 Å². The predicted octanol–water partition coefficient (Wildman–Crippen LogP) is 2.84. The summed E-state index contributed by atoms with van der Waals surface area (Å²) in [7, 11) is 0. The van der Waals surface area contributed by atoms with Gasteiger partial charge in [0.15, 0.2) is 11.5 Å². The molecule has 2 aromatic carbocycles. The van der Waals surface area contributed by atoms with Crippen LogP contribution in [0.3, 0.4) is 0 Å². The van der Waals surface area contributed by atoms with E-state index in [1.165, 1.54) is 0 Å². The topological polar surface area (TPSA) is 79.9 Å². The summed E-state index contributed by atoms with van der Waals surface area (Å²) in [5.74, 6) is 1.34. The van der Waals surface area contributed by atoms with E-state index >= 15 is 0 Å². The van der Waals surface area contributed by atoms with Crippen LogP contribution in [0.4, 0.5) is 10.5 Å². The van der Waals surface area contributed by atoms with Gasteiger partial charge in [-0.1, -0.05) is 18.2 Å². The first-order valence-electron chi connectivity index (χ1n) is 9.00. The fraction of sp³-hybridized carbons (Fsp3) is 0.300. The minimum absolute atomic E-state index is 0.0406. The molecule has 0 aliphatic carbocycles. The number of carbonyl (C=O) groups excluding carboxylic acids is 2. The molecule has 0 saturated carbocycles. The molecule has 2 aliphatic heterocycles. The number of carbonyl (C=O) groups is 2. The fourth-order valence-electron chi connectivity index (χ4n) is 3.32. The molecule has 1 saturated heterocycles. The number of nitrogens with one attached hydrogen (secondary N) is 2. The van der Waals surface area contributed by atoms with Gasteiger partial charge in [0, 0.05) is 36.4 Å². The van der Waals surface area contributed by atoms with Crippen LogP contribution < -0.4 is 20.1 Å². The molecule has 0 spiro atoms. The van der Waals surface area contributed by atoms with Crippen LogP contribution in [0, 0.1) is 0 Å². The molecule has 140 valence electrons. The van der Waals surface area contributed by atoms with Crippen LogP contribution in [0.15, 0.2) is 48.5 Å². The van der Waals surface area contributed by atoms with E-state index < -0.39 is 0 Å². The normalized spacial score (nSPS) is 16.1. The lowest BCUT2D eigenvalue weighted by Crippen LogP contribution is -2.47. The number of hydrogen-bond donors (Lipinski definition) is 2. The van der Waals surface area contributed by atoms with Crippen molar-refractivity contribution in [3.8, 4) is 11.5 Å². The van der Waals surface area contributed by atoms with E-state index in [2.05, 4.69) is 10.6 Å². The smallest absolute Gasteiger partial charge is 0.319 e.